The molecule has 24 heavy (non-hydrogen) atoms. The van der Waals surface area contributed by atoms with E-state index < -0.39 is 10.0 Å². The van der Waals surface area contributed by atoms with Crippen molar-refractivity contribution in [2.75, 3.05) is 14.2 Å². The molecule has 0 radical (unpaired) electrons. The zero-order chi connectivity index (χ0) is 17.2. The van der Waals surface area contributed by atoms with Gasteiger partial charge in [-0.1, -0.05) is 0 Å². The van der Waals surface area contributed by atoms with Crippen LogP contribution in [0, 0.1) is 0 Å². The van der Waals surface area contributed by atoms with Crippen molar-refractivity contribution in [1.82, 2.24) is 14.2 Å². The minimum atomic E-state index is -3.80. The Balaban J connectivity index is 1.93. The first kappa shape index (κ1) is 16.0. The number of ether oxygens (including phenoxy) is 2. The Morgan fingerprint density at radius 2 is 1.42 bits per heavy atom. The van der Waals surface area contributed by atoms with Gasteiger partial charge in [0.2, 0.25) is 0 Å². The number of aromatic nitrogens is 3. The van der Waals surface area contributed by atoms with Crippen molar-refractivity contribution in [2.45, 2.75) is 4.90 Å². The van der Waals surface area contributed by atoms with Crippen LogP contribution >= 0.6 is 0 Å². The molecule has 3 rings (SSSR count). The molecule has 8 heteroatoms. The molecular weight excluding hydrogens is 330 g/mol. The lowest BCUT2D eigenvalue weighted by Gasteiger charge is -2.05. The van der Waals surface area contributed by atoms with Crippen LogP contribution in [0.1, 0.15) is 0 Å². The van der Waals surface area contributed by atoms with Crippen molar-refractivity contribution in [3.05, 3.63) is 54.9 Å². The molecular formula is C16H15N3O4S. The Kier molecular flexibility index (Phi) is 4.22. The molecule has 3 aromatic rings. The molecule has 0 aliphatic heterocycles. The van der Waals surface area contributed by atoms with E-state index in [1.54, 1.807) is 43.5 Å². The molecule has 0 aliphatic carbocycles. The second-order valence-electron chi connectivity index (χ2n) is 4.85. The lowest BCUT2D eigenvalue weighted by molar-refractivity contribution is 0.414. The van der Waals surface area contributed by atoms with Crippen LogP contribution in [0.15, 0.2) is 59.8 Å². The lowest BCUT2D eigenvalue weighted by Crippen LogP contribution is -2.13. The van der Waals surface area contributed by atoms with Gasteiger partial charge in [-0.2, -0.15) is 8.42 Å². The molecule has 7 nitrogen and oxygen atoms in total. The van der Waals surface area contributed by atoms with E-state index in [-0.39, 0.29) is 4.90 Å². The summed E-state index contributed by atoms with van der Waals surface area (Å²) in [5, 5.41) is 4.07. The van der Waals surface area contributed by atoms with Gasteiger partial charge in [-0.25, -0.2) is 4.98 Å². The van der Waals surface area contributed by atoms with Gasteiger partial charge >= 0.3 is 0 Å². The summed E-state index contributed by atoms with van der Waals surface area (Å²) in [6.45, 7) is 0. The molecule has 1 heterocycles. The van der Waals surface area contributed by atoms with Gasteiger partial charge in [0.05, 0.1) is 19.1 Å². The number of methoxy groups -OCH3 is 2. The number of nitrogens with zero attached hydrogens (tertiary/aromatic N) is 3. The second-order valence-corrected chi connectivity index (χ2v) is 6.65. The van der Waals surface area contributed by atoms with Crippen molar-refractivity contribution in [3.8, 4) is 22.9 Å². The Labute approximate surface area is 139 Å². The minimum absolute atomic E-state index is 0.106. The van der Waals surface area contributed by atoms with Crippen molar-refractivity contribution >= 4 is 10.0 Å². The summed E-state index contributed by atoms with van der Waals surface area (Å²) in [6.07, 6.45) is 1.18. The third kappa shape index (κ3) is 2.95. The van der Waals surface area contributed by atoms with Crippen LogP contribution in [0.4, 0.5) is 0 Å². The Hall–Kier alpha value is -2.87. The first-order valence-corrected chi connectivity index (χ1v) is 8.44. The topological polar surface area (TPSA) is 83.3 Å². The van der Waals surface area contributed by atoms with Crippen LogP contribution in [0.2, 0.25) is 0 Å². The molecule has 0 atom stereocenters. The SMILES string of the molecule is COc1ccc(-c2ncn(S(=O)(=O)c3ccc(OC)cc3)n2)cc1. The van der Waals surface area contributed by atoms with E-state index in [0.717, 1.165) is 4.09 Å². The normalized spacial score (nSPS) is 11.2. The van der Waals surface area contributed by atoms with E-state index in [4.69, 9.17) is 9.47 Å². The van der Waals surface area contributed by atoms with Gasteiger partial charge < -0.3 is 9.47 Å². The predicted octanol–water partition coefficient (Wildman–Crippen LogP) is 2.20. The fourth-order valence-corrected chi connectivity index (χ4v) is 3.15. The smallest absolute Gasteiger partial charge is 0.284 e. The van der Waals surface area contributed by atoms with Crippen LogP contribution in [0.3, 0.4) is 0 Å². The van der Waals surface area contributed by atoms with Crippen LogP contribution in [0.25, 0.3) is 11.4 Å². The maximum atomic E-state index is 12.6. The Bertz CT molecular complexity index is 932. The lowest BCUT2D eigenvalue weighted by atomic mass is 10.2. The van der Waals surface area contributed by atoms with E-state index in [1.165, 1.54) is 25.6 Å². The van der Waals surface area contributed by atoms with Gasteiger partial charge in [0, 0.05) is 5.56 Å². The number of hydrogen-bond acceptors (Lipinski definition) is 6. The molecule has 0 unspecified atom stereocenters. The molecule has 0 saturated heterocycles. The maximum Gasteiger partial charge on any atom is 0.284 e. The predicted molar refractivity (Wildman–Crippen MR) is 87.6 cm³/mol. The Morgan fingerprint density at radius 1 is 0.875 bits per heavy atom. The highest BCUT2D eigenvalue weighted by Crippen LogP contribution is 2.21. The van der Waals surface area contributed by atoms with E-state index in [9.17, 15) is 8.42 Å². The fraction of sp³-hybridized carbons (Fsp3) is 0.125. The van der Waals surface area contributed by atoms with E-state index in [0.29, 0.717) is 22.9 Å². The van der Waals surface area contributed by atoms with Crippen LogP contribution in [-0.4, -0.2) is 36.8 Å². The van der Waals surface area contributed by atoms with Crippen LogP contribution < -0.4 is 9.47 Å². The Morgan fingerprint density at radius 3 is 1.96 bits per heavy atom. The minimum Gasteiger partial charge on any atom is -0.497 e. The van der Waals surface area contributed by atoms with Crippen molar-refractivity contribution in [2.24, 2.45) is 0 Å². The quantitative estimate of drug-likeness (QED) is 0.705. The van der Waals surface area contributed by atoms with Gasteiger partial charge in [0.1, 0.15) is 17.8 Å². The highest BCUT2D eigenvalue weighted by atomic mass is 32.2. The summed E-state index contributed by atoms with van der Waals surface area (Å²) in [7, 11) is -0.712. The van der Waals surface area contributed by atoms with Crippen molar-refractivity contribution in [3.63, 3.8) is 0 Å². The largest absolute Gasteiger partial charge is 0.497 e. The first-order valence-electron chi connectivity index (χ1n) is 7.00. The number of hydrogen-bond donors (Lipinski definition) is 0. The molecule has 0 N–H and O–H groups in total. The molecule has 124 valence electrons. The third-order valence-corrected chi connectivity index (χ3v) is 4.96. The second kappa shape index (κ2) is 6.32. The average molecular weight is 345 g/mol. The van der Waals surface area contributed by atoms with E-state index in [1.807, 2.05) is 0 Å². The first-order chi connectivity index (χ1) is 11.5. The summed E-state index contributed by atoms with van der Waals surface area (Å²) in [6, 6.07) is 13.1. The summed E-state index contributed by atoms with van der Waals surface area (Å²) in [4.78, 5) is 4.18. The molecule has 0 spiro atoms. The standard InChI is InChI=1S/C16H15N3O4S/c1-22-13-5-3-12(4-6-13)16-17-11-19(18-16)24(20,21)15-9-7-14(23-2)8-10-15/h3-11H,1-2H3. The maximum absolute atomic E-state index is 12.6. The molecule has 1 aromatic heterocycles. The van der Waals surface area contributed by atoms with E-state index in [2.05, 4.69) is 10.1 Å². The van der Waals surface area contributed by atoms with Gasteiger partial charge in [0.15, 0.2) is 5.82 Å². The summed E-state index contributed by atoms with van der Waals surface area (Å²) >= 11 is 0. The molecule has 0 amide bonds. The highest BCUT2D eigenvalue weighted by molar-refractivity contribution is 7.89. The summed E-state index contributed by atoms with van der Waals surface area (Å²) < 4.78 is 36.1. The zero-order valence-corrected chi connectivity index (χ0v) is 13.9. The zero-order valence-electron chi connectivity index (χ0n) is 13.1. The molecule has 2 aromatic carbocycles. The van der Waals surface area contributed by atoms with Crippen molar-refractivity contribution in [1.29, 1.82) is 0 Å². The number of benzene rings is 2. The average Bonchev–Trinajstić information content (AvgIpc) is 3.13. The summed E-state index contributed by atoms with van der Waals surface area (Å²) in [5.41, 5.74) is 0.694. The molecule has 0 fully saturated rings. The van der Waals surface area contributed by atoms with Gasteiger partial charge in [-0.05, 0) is 48.5 Å². The fourth-order valence-electron chi connectivity index (χ4n) is 2.09. The molecule has 0 aliphatic rings. The van der Waals surface area contributed by atoms with Gasteiger partial charge in [-0.15, -0.1) is 9.19 Å². The molecule has 0 bridgehead atoms. The van der Waals surface area contributed by atoms with Crippen molar-refractivity contribution < 1.29 is 17.9 Å². The van der Waals surface area contributed by atoms with Crippen LogP contribution in [0.5, 0.6) is 11.5 Å². The summed E-state index contributed by atoms with van der Waals surface area (Å²) in [5.74, 6) is 1.59. The monoisotopic (exact) mass is 345 g/mol. The van der Waals surface area contributed by atoms with Gasteiger partial charge in [0.25, 0.3) is 10.0 Å². The highest BCUT2D eigenvalue weighted by Gasteiger charge is 2.19. The number of rotatable bonds is 5. The third-order valence-electron chi connectivity index (χ3n) is 3.42. The molecule has 0 saturated carbocycles. The van der Waals surface area contributed by atoms with E-state index >= 15 is 0 Å². The van der Waals surface area contributed by atoms with Gasteiger partial charge in [-0.3, -0.25) is 0 Å². The van der Waals surface area contributed by atoms with Crippen LogP contribution in [-0.2, 0) is 10.0 Å².